The predicted molar refractivity (Wildman–Crippen MR) is 33.1 cm³/mol. The summed E-state index contributed by atoms with van der Waals surface area (Å²) in [4.78, 5) is 22.8. The van der Waals surface area contributed by atoms with Crippen molar-refractivity contribution in [1.82, 2.24) is 9.80 Å². The predicted octanol–water partition coefficient (Wildman–Crippen LogP) is -1.85. The molecule has 0 saturated carbocycles. The molecule has 0 aromatic heterocycles. The normalized spacial score (nSPS) is 23.3. The molecule has 0 spiro atoms. The number of hydrogen-bond donors (Lipinski definition) is 2. The Bertz CT molecular complexity index is 225. The van der Waals surface area contributed by atoms with Crippen LogP contribution in [0.2, 0.25) is 0 Å². The first-order valence-corrected chi connectivity index (χ1v) is 2.89. The van der Waals surface area contributed by atoms with Gasteiger partial charge in [-0.3, -0.25) is 14.6 Å². The Morgan fingerprint density at radius 1 is 1.27 bits per heavy atom. The summed E-state index contributed by atoms with van der Waals surface area (Å²) in [5, 5.41) is 17.9. The number of hydrogen-bond acceptors (Lipinski definition) is 4. The summed E-state index contributed by atoms with van der Waals surface area (Å²) in [5.74, 6) is -3.71. The van der Waals surface area contributed by atoms with Gasteiger partial charge >= 0.3 is 17.8 Å². The molecular weight excluding hydrogens is 152 g/mol. The molecule has 62 valence electrons. The summed E-state index contributed by atoms with van der Waals surface area (Å²) < 4.78 is 0. The summed E-state index contributed by atoms with van der Waals surface area (Å²) in [6.45, 7) is 0. The Morgan fingerprint density at radius 2 is 1.73 bits per heavy atom. The third-order valence-electron chi connectivity index (χ3n) is 1.63. The van der Waals surface area contributed by atoms with Gasteiger partial charge < -0.3 is 10.2 Å². The van der Waals surface area contributed by atoms with Crippen LogP contribution in [0.1, 0.15) is 0 Å². The molecule has 1 aliphatic heterocycles. The zero-order chi connectivity index (χ0) is 8.81. The third-order valence-corrected chi connectivity index (χ3v) is 1.63. The summed E-state index contributed by atoms with van der Waals surface area (Å²) >= 11 is 0. The number of aliphatic hydroxyl groups is 2. The van der Waals surface area contributed by atoms with Gasteiger partial charge in [0.15, 0.2) is 0 Å². The molecule has 3 amide bonds. The lowest BCUT2D eigenvalue weighted by atomic mass is 10.4. The maximum Gasteiger partial charge on any atom is 0.334 e. The van der Waals surface area contributed by atoms with E-state index in [4.69, 9.17) is 10.2 Å². The molecule has 0 unspecified atom stereocenters. The van der Waals surface area contributed by atoms with E-state index >= 15 is 0 Å². The SMILES string of the molecule is CN1C(=O)N(C)C(O)(O)C1=O. The van der Waals surface area contributed by atoms with Crippen LogP contribution in [0.3, 0.4) is 0 Å². The topological polar surface area (TPSA) is 81.1 Å². The van der Waals surface area contributed by atoms with Crippen LogP contribution in [0.15, 0.2) is 0 Å². The van der Waals surface area contributed by atoms with Gasteiger partial charge in [-0.05, 0) is 0 Å². The third kappa shape index (κ3) is 0.798. The number of rotatable bonds is 0. The maximum atomic E-state index is 10.8. The molecule has 6 heteroatoms. The Balaban J connectivity index is 3.06. The number of nitrogens with zero attached hydrogens (tertiary/aromatic N) is 2. The molecule has 0 radical (unpaired) electrons. The van der Waals surface area contributed by atoms with E-state index < -0.39 is 17.8 Å². The first kappa shape index (κ1) is 7.96. The molecule has 11 heavy (non-hydrogen) atoms. The maximum absolute atomic E-state index is 10.8. The van der Waals surface area contributed by atoms with Gasteiger partial charge in [-0.1, -0.05) is 0 Å². The molecule has 0 atom stereocenters. The van der Waals surface area contributed by atoms with Gasteiger partial charge in [0.2, 0.25) is 0 Å². The second kappa shape index (κ2) is 1.93. The fourth-order valence-corrected chi connectivity index (χ4v) is 0.814. The monoisotopic (exact) mass is 160 g/mol. The van der Waals surface area contributed by atoms with E-state index in [9.17, 15) is 9.59 Å². The Hall–Kier alpha value is -1.14. The highest BCUT2D eigenvalue weighted by Crippen LogP contribution is 2.19. The molecule has 0 bridgehead atoms. The van der Waals surface area contributed by atoms with Gasteiger partial charge in [-0.15, -0.1) is 0 Å². The van der Waals surface area contributed by atoms with Crippen LogP contribution in [0.4, 0.5) is 4.79 Å². The van der Waals surface area contributed by atoms with Gasteiger partial charge in [-0.2, -0.15) is 0 Å². The number of carbonyl (C=O) groups excluding carboxylic acids is 2. The van der Waals surface area contributed by atoms with Crippen LogP contribution in [0.25, 0.3) is 0 Å². The van der Waals surface area contributed by atoms with Crippen molar-refractivity contribution < 1.29 is 19.8 Å². The van der Waals surface area contributed by atoms with Crippen molar-refractivity contribution in [3.63, 3.8) is 0 Å². The molecular formula is C5H8N2O4. The average molecular weight is 160 g/mol. The molecule has 1 saturated heterocycles. The number of carbonyl (C=O) groups is 2. The molecule has 0 aromatic rings. The summed E-state index contributed by atoms with van der Waals surface area (Å²) in [6.07, 6.45) is 0. The summed E-state index contributed by atoms with van der Waals surface area (Å²) in [5.41, 5.74) is 0. The van der Waals surface area contributed by atoms with E-state index in [0.717, 1.165) is 7.05 Å². The zero-order valence-electron chi connectivity index (χ0n) is 6.11. The van der Waals surface area contributed by atoms with Crippen molar-refractivity contribution in [3.05, 3.63) is 0 Å². The Labute approximate surface area is 62.6 Å². The van der Waals surface area contributed by atoms with Gasteiger partial charge in [0.05, 0.1) is 0 Å². The summed E-state index contributed by atoms with van der Waals surface area (Å²) in [6, 6.07) is -0.736. The lowest BCUT2D eigenvalue weighted by molar-refractivity contribution is -0.220. The van der Waals surface area contributed by atoms with Crippen molar-refractivity contribution in [1.29, 1.82) is 0 Å². The van der Waals surface area contributed by atoms with E-state index in [1.807, 2.05) is 0 Å². The molecule has 1 aliphatic rings. The number of urea groups is 1. The fraction of sp³-hybridized carbons (Fsp3) is 0.600. The molecule has 2 N–H and O–H groups in total. The molecule has 1 fully saturated rings. The molecule has 0 aliphatic carbocycles. The van der Waals surface area contributed by atoms with Crippen LogP contribution in [-0.2, 0) is 4.79 Å². The van der Waals surface area contributed by atoms with Crippen molar-refractivity contribution >= 4 is 11.9 Å². The lowest BCUT2D eigenvalue weighted by Gasteiger charge is -2.18. The fourth-order valence-electron chi connectivity index (χ4n) is 0.814. The van der Waals surface area contributed by atoms with E-state index in [0.29, 0.717) is 9.80 Å². The van der Waals surface area contributed by atoms with Crippen molar-refractivity contribution in [2.45, 2.75) is 5.91 Å². The molecule has 1 rings (SSSR count). The molecule has 0 aromatic carbocycles. The van der Waals surface area contributed by atoms with Crippen molar-refractivity contribution in [3.8, 4) is 0 Å². The lowest BCUT2D eigenvalue weighted by Crippen LogP contribution is -2.47. The van der Waals surface area contributed by atoms with Crippen molar-refractivity contribution in [2.24, 2.45) is 0 Å². The Morgan fingerprint density at radius 3 is 1.82 bits per heavy atom. The Kier molecular flexibility index (Phi) is 1.39. The van der Waals surface area contributed by atoms with Gasteiger partial charge in [0.25, 0.3) is 0 Å². The van der Waals surface area contributed by atoms with Crippen LogP contribution < -0.4 is 0 Å². The van der Waals surface area contributed by atoms with E-state index in [2.05, 4.69) is 0 Å². The smallest absolute Gasteiger partial charge is 0.334 e. The minimum atomic E-state index is -2.67. The highest BCUT2D eigenvalue weighted by Gasteiger charge is 2.52. The van der Waals surface area contributed by atoms with Crippen LogP contribution in [0.5, 0.6) is 0 Å². The molecule has 1 heterocycles. The second-order valence-electron chi connectivity index (χ2n) is 2.34. The van der Waals surface area contributed by atoms with E-state index in [1.165, 1.54) is 7.05 Å². The van der Waals surface area contributed by atoms with Crippen LogP contribution in [0, 0.1) is 0 Å². The zero-order valence-corrected chi connectivity index (χ0v) is 6.11. The first-order valence-electron chi connectivity index (χ1n) is 2.89. The quantitative estimate of drug-likeness (QED) is 0.322. The number of amides is 3. The summed E-state index contributed by atoms with van der Waals surface area (Å²) in [7, 11) is 2.30. The minimum Gasteiger partial charge on any atom is -0.341 e. The standard InChI is InChI=1S/C5H8N2O4/c1-6-3(8)5(10,11)7(2)4(6)9/h10-11H,1-2H3. The van der Waals surface area contributed by atoms with Crippen LogP contribution in [-0.4, -0.2) is 52.0 Å². The molecule has 6 nitrogen and oxygen atoms in total. The number of likely N-dealkylation sites (N-methyl/N-ethyl adjacent to an activating group) is 2. The first-order chi connectivity index (χ1) is 4.89. The minimum absolute atomic E-state index is 0.551. The highest BCUT2D eigenvalue weighted by atomic mass is 16.5. The van der Waals surface area contributed by atoms with Gasteiger partial charge in [-0.25, -0.2) is 4.79 Å². The van der Waals surface area contributed by atoms with E-state index in [1.54, 1.807) is 0 Å². The average Bonchev–Trinajstić information content (AvgIpc) is 2.06. The second-order valence-corrected chi connectivity index (χ2v) is 2.34. The van der Waals surface area contributed by atoms with Crippen LogP contribution >= 0.6 is 0 Å². The van der Waals surface area contributed by atoms with E-state index in [-0.39, 0.29) is 0 Å². The largest absolute Gasteiger partial charge is 0.341 e. The van der Waals surface area contributed by atoms with Gasteiger partial charge in [0.1, 0.15) is 0 Å². The number of imide groups is 1. The highest BCUT2D eigenvalue weighted by molar-refractivity contribution is 6.04. The van der Waals surface area contributed by atoms with Gasteiger partial charge in [0, 0.05) is 14.1 Å². The van der Waals surface area contributed by atoms with Crippen molar-refractivity contribution in [2.75, 3.05) is 14.1 Å².